The van der Waals surface area contributed by atoms with Crippen LogP contribution in [0.4, 0.5) is 9.18 Å². The first-order valence-electron chi connectivity index (χ1n) is 10.1. The fraction of sp³-hybridized carbons (Fsp3) is 0.409. The quantitative estimate of drug-likeness (QED) is 0.735. The Morgan fingerprint density at radius 1 is 1.17 bits per heavy atom. The predicted molar refractivity (Wildman–Crippen MR) is 116 cm³/mol. The van der Waals surface area contributed by atoms with Gasteiger partial charge in [0.1, 0.15) is 5.82 Å². The standard InChI is InChI=1S/C22H28FN3O3S/c1-3-24-22(27)26-13-5-8-20(25-30(2,28)29)21(26)15-16-6-4-7-18(14-16)17-9-11-19(23)12-10-17/h4,6-7,9-12,14,20-21,25H,3,5,8,13,15H2,1-2H3,(H,24,27)/t20-,21-/m0/s1. The third kappa shape index (κ3) is 5.79. The van der Waals surface area contributed by atoms with Crippen LogP contribution >= 0.6 is 0 Å². The van der Waals surface area contributed by atoms with E-state index in [4.69, 9.17) is 0 Å². The van der Waals surface area contributed by atoms with Gasteiger partial charge in [0.25, 0.3) is 0 Å². The first-order chi connectivity index (χ1) is 14.3. The molecule has 0 bridgehead atoms. The van der Waals surface area contributed by atoms with Crippen LogP contribution in [0.5, 0.6) is 0 Å². The first kappa shape index (κ1) is 22.2. The average molecular weight is 434 g/mol. The van der Waals surface area contributed by atoms with Gasteiger partial charge in [0.15, 0.2) is 0 Å². The van der Waals surface area contributed by atoms with E-state index in [-0.39, 0.29) is 23.9 Å². The van der Waals surface area contributed by atoms with Gasteiger partial charge in [0.2, 0.25) is 10.0 Å². The van der Waals surface area contributed by atoms with Gasteiger partial charge in [-0.1, -0.05) is 36.4 Å². The molecule has 0 saturated carbocycles. The zero-order valence-electron chi connectivity index (χ0n) is 17.3. The van der Waals surface area contributed by atoms with E-state index in [9.17, 15) is 17.6 Å². The molecule has 1 heterocycles. The molecule has 2 atom stereocenters. The number of benzene rings is 2. The van der Waals surface area contributed by atoms with E-state index >= 15 is 0 Å². The maximum atomic E-state index is 13.3. The van der Waals surface area contributed by atoms with Gasteiger partial charge in [-0.25, -0.2) is 22.3 Å². The predicted octanol–water partition coefficient (Wildman–Crippen LogP) is 3.15. The van der Waals surface area contributed by atoms with Gasteiger partial charge in [0, 0.05) is 19.1 Å². The van der Waals surface area contributed by atoms with Crippen LogP contribution in [-0.4, -0.2) is 50.8 Å². The number of hydrogen-bond acceptors (Lipinski definition) is 3. The maximum absolute atomic E-state index is 13.3. The Morgan fingerprint density at radius 2 is 1.90 bits per heavy atom. The Labute approximate surface area is 177 Å². The summed E-state index contributed by atoms with van der Waals surface area (Å²) in [5.41, 5.74) is 2.83. The summed E-state index contributed by atoms with van der Waals surface area (Å²) in [5, 5.41) is 2.83. The van der Waals surface area contributed by atoms with E-state index in [1.807, 2.05) is 31.2 Å². The number of likely N-dealkylation sites (tertiary alicyclic amines) is 1. The second-order valence-corrected chi connectivity index (χ2v) is 9.43. The lowest BCUT2D eigenvalue weighted by Crippen LogP contribution is -2.59. The molecule has 1 aliphatic rings. The minimum absolute atomic E-state index is 0.183. The second-order valence-electron chi connectivity index (χ2n) is 7.65. The molecule has 1 aliphatic heterocycles. The average Bonchev–Trinajstić information content (AvgIpc) is 2.69. The molecule has 0 aromatic heterocycles. The summed E-state index contributed by atoms with van der Waals surface area (Å²) >= 11 is 0. The highest BCUT2D eigenvalue weighted by Gasteiger charge is 2.35. The first-order valence-corrected chi connectivity index (χ1v) is 12.0. The summed E-state index contributed by atoms with van der Waals surface area (Å²) in [6.07, 6.45) is 3.06. The fourth-order valence-electron chi connectivity index (χ4n) is 3.99. The number of amides is 2. The number of nitrogens with one attached hydrogen (secondary N) is 2. The molecule has 2 amide bonds. The summed E-state index contributed by atoms with van der Waals surface area (Å²) in [4.78, 5) is 14.4. The van der Waals surface area contributed by atoms with Crippen LogP contribution < -0.4 is 10.0 Å². The van der Waals surface area contributed by atoms with Crippen LogP contribution in [0.3, 0.4) is 0 Å². The molecule has 1 fully saturated rings. The van der Waals surface area contributed by atoms with Crippen molar-refractivity contribution in [3.05, 3.63) is 59.9 Å². The van der Waals surface area contributed by atoms with E-state index in [2.05, 4.69) is 10.0 Å². The lowest BCUT2D eigenvalue weighted by atomic mass is 9.90. The molecule has 2 aromatic rings. The highest BCUT2D eigenvalue weighted by Crippen LogP contribution is 2.25. The Morgan fingerprint density at radius 3 is 2.57 bits per heavy atom. The zero-order chi connectivity index (χ0) is 21.7. The molecule has 1 saturated heterocycles. The molecule has 30 heavy (non-hydrogen) atoms. The van der Waals surface area contributed by atoms with Crippen molar-refractivity contribution >= 4 is 16.1 Å². The van der Waals surface area contributed by atoms with Crippen molar-refractivity contribution in [2.75, 3.05) is 19.3 Å². The van der Waals surface area contributed by atoms with Crippen molar-refractivity contribution in [1.82, 2.24) is 14.9 Å². The maximum Gasteiger partial charge on any atom is 0.317 e. The number of sulfonamides is 1. The van der Waals surface area contributed by atoms with Gasteiger partial charge in [-0.15, -0.1) is 0 Å². The van der Waals surface area contributed by atoms with Crippen molar-refractivity contribution in [3.8, 4) is 11.1 Å². The third-order valence-electron chi connectivity index (χ3n) is 5.28. The van der Waals surface area contributed by atoms with E-state index in [0.717, 1.165) is 29.4 Å². The van der Waals surface area contributed by atoms with Crippen LogP contribution in [0, 0.1) is 5.82 Å². The number of rotatable bonds is 6. The number of carbonyl (C=O) groups excluding carboxylic acids is 1. The SMILES string of the molecule is CCNC(=O)N1CCC[C@H](NS(C)(=O)=O)[C@@H]1Cc1cccc(-c2ccc(F)cc2)c1. The lowest BCUT2D eigenvalue weighted by molar-refractivity contribution is 0.134. The van der Waals surface area contributed by atoms with Crippen LogP contribution in [0.25, 0.3) is 11.1 Å². The molecule has 3 rings (SSSR count). The van der Waals surface area contributed by atoms with Crippen LogP contribution in [0.15, 0.2) is 48.5 Å². The molecule has 0 radical (unpaired) electrons. The molecule has 0 unspecified atom stereocenters. The highest BCUT2D eigenvalue weighted by atomic mass is 32.2. The number of halogens is 1. The van der Waals surface area contributed by atoms with E-state index < -0.39 is 10.0 Å². The molecule has 2 aromatic carbocycles. The van der Waals surface area contributed by atoms with Gasteiger partial charge >= 0.3 is 6.03 Å². The summed E-state index contributed by atoms with van der Waals surface area (Å²) in [6, 6.07) is 13.3. The van der Waals surface area contributed by atoms with Crippen molar-refractivity contribution in [1.29, 1.82) is 0 Å². The monoisotopic (exact) mass is 433 g/mol. The summed E-state index contributed by atoms with van der Waals surface area (Å²) in [5.74, 6) is -0.288. The fourth-order valence-corrected chi connectivity index (χ4v) is 4.81. The van der Waals surface area contributed by atoms with Gasteiger partial charge in [-0.2, -0.15) is 0 Å². The highest BCUT2D eigenvalue weighted by molar-refractivity contribution is 7.88. The van der Waals surface area contributed by atoms with Gasteiger partial charge < -0.3 is 10.2 Å². The van der Waals surface area contributed by atoms with Gasteiger partial charge in [-0.05, 0) is 55.0 Å². The van der Waals surface area contributed by atoms with Crippen LogP contribution in [0.1, 0.15) is 25.3 Å². The molecular weight excluding hydrogens is 405 g/mol. The van der Waals surface area contributed by atoms with Gasteiger partial charge in [-0.3, -0.25) is 0 Å². The van der Waals surface area contributed by atoms with E-state index in [1.165, 1.54) is 12.1 Å². The molecular formula is C22H28FN3O3S. The van der Waals surface area contributed by atoms with Crippen molar-refractivity contribution in [2.24, 2.45) is 0 Å². The topological polar surface area (TPSA) is 78.5 Å². The largest absolute Gasteiger partial charge is 0.338 e. The van der Waals surface area contributed by atoms with Crippen molar-refractivity contribution < 1.29 is 17.6 Å². The number of urea groups is 1. The molecule has 6 nitrogen and oxygen atoms in total. The zero-order valence-corrected chi connectivity index (χ0v) is 18.1. The van der Waals surface area contributed by atoms with E-state index in [1.54, 1.807) is 17.0 Å². The normalized spacial score (nSPS) is 19.5. The second kappa shape index (κ2) is 9.57. The molecule has 8 heteroatoms. The Balaban J connectivity index is 1.89. The van der Waals surface area contributed by atoms with E-state index in [0.29, 0.717) is 25.9 Å². The smallest absolute Gasteiger partial charge is 0.317 e. The molecule has 162 valence electrons. The van der Waals surface area contributed by atoms with Crippen molar-refractivity contribution in [3.63, 3.8) is 0 Å². The number of hydrogen-bond donors (Lipinski definition) is 2. The molecule has 0 spiro atoms. The third-order valence-corrected chi connectivity index (χ3v) is 6.01. The van der Waals surface area contributed by atoms with Crippen LogP contribution in [0.2, 0.25) is 0 Å². The Kier molecular flexibility index (Phi) is 7.10. The molecule has 0 aliphatic carbocycles. The summed E-state index contributed by atoms with van der Waals surface area (Å²) in [6.45, 7) is 2.94. The van der Waals surface area contributed by atoms with Crippen LogP contribution in [-0.2, 0) is 16.4 Å². The summed E-state index contributed by atoms with van der Waals surface area (Å²) < 4.78 is 39.8. The minimum Gasteiger partial charge on any atom is -0.338 e. The van der Waals surface area contributed by atoms with Gasteiger partial charge in [0.05, 0.1) is 12.3 Å². The number of carbonyl (C=O) groups is 1. The Hall–Kier alpha value is -2.45. The lowest BCUT2D eigenvalue weighted by Gasteiger charge is -2.41. The van der Waals surface area contributed by atoms with Crippen molar-refractivity contribution in [2.45, 2.75) is 38.3 Å². The number of nitrogens with zero attached hydrogens (tertiary/aromatic N) is 1. The number of piperidine rings is 1. The minimum atomic E-state index is -3.41. The summed E-state index contributed by atoms with van der Waals surface area (Å²) in [7, 11) is -3.41. The molecule has 2 N–H and O–H groups in total. The Bertz CT molecular complexity index is 979.